The van der Waals surface area contributed by atoms with E-state index in [-0.39, 0.29) is 17.0 Å². The van der Waals surface area contributed by atoms with E-state index in [2.05, 4.69) is 9.71 Å². The maximum Gasteiger partial charge on any atom is 0.241 e. The van der Waals surface area contributed by atoms with Crippen LogP contribution in [0.15, 0.2) is 47.6 Å². The summed E-state index contributed by atoms with van der Waals surface area (Å²) < 4.78 is 39.8. The largest absolute Gasteiger partial charge is 0.392 e. The summed E-state index contributed by atoms with van der Waals surface area (Å²) in [7, 11) is -3.90. The number of nitrogens with zero attached hydrogens (tertiary/aromatic N) is 1. The van der Waals surface area contributed by atoms with E-state index in [0.29, 0.717) is 5.56 Å². The van der Waals surface area contributed by atoms with Crippen LogP contribution in [-0.2, 0) is 23.2 Å². The molecule has 0 bridgehead atoms. The zero-order valence-electron chi connectivity index (χ0n) is 10.5. The molecule has 0 atom stereocenters. The standard InChI is InChI=1S/C13H13FN2O3S/c14-12-4-3-11(9-17)13(6-12)20(18,19)16-8-10-2-1-5-15-7-10/h1-7,16-17H,8-9H2. The smallest absolute Gasteiger partial charge is 0.241 e. The lowest BCUT2D eigenvalue weighted by atomic mass is 10.2. The third-order valence-electron chi connectivity index (χ3n) is 2.68. The molecule has 106 valence electrons. The molecule has 2 aromatic rings. The second-order valence-electron chi connectivity index (χ2n) is 4.10. The minimum atomic E-state index is -3.90. The molecule has 0 saturated carbocycles. The SMILES string of the molecule is O=S(=O)(NCc1cccnc1)c1cc(F)ccc1CO. The van der Waals surface area contributed by atoms with Gasteiger partial charge in [-0.05, 0) is 29.3 Å². The molecule has 0 spiro atoms. The van der Waals surface area contributed by atoms with Gasteiger partial charge in [-0.25, -0.2) is 17.5 Å². The molecular formula is C13H13FN2O3S. The van der Waals surface area contributed by atoms with E-state index < -0.39 is 22.4 Å². The van der Waals surface area contributed by atoms with Crippen molar-refractivity contribution in [2.24, 2.45) is 0 Å². The molecule has 0 unspecified atom stereocenters. The Morgan fingerprint density at radius 1 is 1.30 bits per heavy atom. The van der Waals surface area contributed by atoms with Crippen molar-refractivity contribution in [3.8, 4) is 0 Å². The first-order valence-corrected chi connectivity index (χ1v) is 7.29. The number of pyridine rings is 1. The Kier molecular flexibility index (Phi) is 4.43. The first kappa shape index (κ1) is 14.6. The number of sulfonamides is 1. The van der Waals surface area contributed by atoms with Crippen LogP contribution in [0.25, 0.3) is 0 Å². The van der Waals surface area contributed by atoms with E-state index in [1.807, 2.05) is 0 Å². The van der Waals surface area contributed by atoms with Gasteiger partial charge in [0.05, 0.1) is 11.5 Å². The molecule has 0 radical (unpaired) electrons. The van der Waals surface area contributed by atoms with Crippen molar-refractivity contribution in [3.05, 3.63) is 59.7 Å². The molecule has 0 amide bonds. The summed E-state index contributed by atoms with van der Waals surface area (Å²) >= 11 is 0. The summed E-state index contributed by atoms with van der Waals surface area (Å²) in [6.07, 6.45) is 3.11. The molecule has 0 aliphatic rings. The molecule has 0 aliphatic heterocycles. The van der Waals surface area contributed by atoms with Crippen LogP contribution in [0.1, 0.15) is 11.1 Å². The number of hydrogen-bond acceptors (Lipinski definition) is 4. The molecule has 1 heterocycles. The second-order valence-corrected chi connectivity index (χ2v) is 5.83. The van der Waals surface area contributed by atoms with Crippen molar-refractivity contribution in [2.75, 3.05) is 0 Å². The van der Waals surface area contributed by atoms with Gasteiger partial charge in [0.25, 0.3) is 0 Å². The number of aromatic nitrogens is 1. The van der Waals surface area contributed by atoms with Crippen molar-refractivity contribution in [1.82, 2.24) is 9.71 Å². The van der Waals surface area contributed by atoms with Gasteiger partial charge in [-0.1, -0.05) is 12.1 Å². The summed E-state index contributed by atoms with van der Waals surface area (Å²) in [6, 6.07) is 6.63. The Bertz CT molecular complexity index is 690. The first-order chi connectivity index (χ1) is 9.53. The number of aliphatic hydroxyl groups is 1. The van der Waals surface area contributed by atoms with E-state index in [4.69, 9.17) is 5.11 Å². The fourth-order valence-electron chi connectivity index (χ4n) is 1.67. The van der Waals surface area contributed by atoms with Crippen LogP contribution in [0.2, 0.25) is 0 Å². The van der Waals surface area contributed by atoms with Crippen molar-refractivity contribution < 1.29 is 17.9 Å². The number of benzene rings is 1. The molecule has 1 aromatic carbocycles. The maximum atomic E-state index is 13.2. The van der Waals surface area contributed by atoms with Crippen LogP contribution in [0.3, 0.4) is 0 Å². The normalized spacial score (nSPS) is 11.5. The average Bonchev–Trinajstić information content (AvgIpc) is 2.46. The number of nitrogens with one attached hydrogen (secondary N) is 1. The zero-order valence-corrected chi connectivity index (χ0v) is 11.3. The van der Waals surface area contributed by atoms with E-state index in [9.17, 15) is 12.8 Å². The van der Waals surface area contributed by atoms with Gasteiger partial charge >= 0.3 is 0 Å². The summed E-state index contributed by atoms with van der Waals surface area (Å²) in [5.74, 6) is -0.677. The van der Waals surface area contributed by atoms with Gasteiger partial charge in [0, 0.05) is 18.9 Å². The number of aliphatic hydroxyl groups excluding tert-OH is 1. The Labute approximate surface area is 116 Å². The molecule has 2 rings (SSSR count). The highest BCUT2D eigenvalue weighted by atomic mass is 32.2. The van der Waals surface area contributed by atoms with Gasteiger partial charge in [0.1, 0.15) is 5.82 Å². The van der Waals surface area contributed by atoms with Gasteiger partial charge in [-0.15, -0.1) is 0 Å². The number of hydrogen-bond donors (Lipinski definition) is 2. The van der Waals surface area contributed by atoms with Gasteiger partial charge in [-0.3, -0.25) is 4.98 Å². The fraction of sp³-hybridized carbons (Fsp3) is 0.154. The molecule has 0 saturated heterocycles. The predicted octanol–water partition coefficient (Wildman–Crippen LogP) is 1.19. The number of rotatable bonds is 5. The van der Waals surface area contributed by atoms with E-state index in [1.165, 1.54) is 12.3 Å². The zero-order chi connectivity index (χ0) is 14.6. The lowest BCUT2D eigenvalue weighted by Crippen LogP contribution is -2.24. The van der Waals surface area contributed by atoms with E-state index >= 15 is 0 Å². The summed E-state index contributed by atoms with van der Waals surface area (Å²) in [5.41, 5.74) is 0.822. The molecule has 0 aliphatic carbocycles. The van der Waals surface area contributed by atoms with Gasteiger partial charge < -0.3 is 5.11 Å². The lowest BCUT2D eigenvalue weighted by molar-refractivity contribution is 0.278. The van der Waals surface area contributed by atoms with Gasteiger partial charge in [0.15, 0.2) is 0 Å². The third-order valence-corrected chi connectivity index (χ3v) is 4.16. The van der Waals surface area contributed by atoms with Crippen LogP contribution in [0.4, 0.5) is 4.39 Å². The fourth-order valence-corrected chi connectivity index (χ4v) is 2.93. The van der Waals surface area contributed by atoms with Crippen molar-refractivity contribution in [1.29, 1.82) is 0 Å². The van der Waals surface area contributed by atoms with Crippen LogP contribution < -0.4 is 4.72 Å². The van der Waals surface area contributed by atoms with E-state index in [1.54, 1.807) is 18.3 Å². The minimum Gasteiger partial charge on any atom is -0.392 e. The Morgan fingerprint density at radius 3 is 2.75 bits per heavy atom. The summed E-state index contributed by atoms with van der Waals surface area (Å²) in [4.78, 5) is 3.61. The van der Waals surface area contributed by atoms with Crippen molar-refractivity contribution in [2.45, 2.75) is 18.0 Å². The van der Waals surface area contributed by atoms with Crippen LogP contribution in [0, 0.1) is 5.82 Å². The predicted molar refractivity (Wildman–Crippen MR) is 70.6 cm³/mol. The summed E-state index contributed by atoms with van der Waals surface area (Å²) in [5, 5.41) is 9.13. The quantitative estimate of drug-likeness (QED) is 0.868. The molecule has 20 heavy (non-hydrogen) atoms. The van der Waals surface area contributed by atoms with Gasteiger partial charge in [-0.2, -0.15) is 0 Å². The average molecular weight is 296 g/mol. The van der Waals surface area contributed by atoms with Gasteiger partial charge in [0.2, 0.25) is 10.0 Å². The highest BCUT2D eigenvalue weighted by Gasteiger charge is 2.18. The Balaban J connectivity index is 2.24. The van der Waals surface area contributed by atoms with Crippen molar-refractivity contribution >= 4 is 10.0 Å². The Hall–Kier alpha value is -1.83. The topological polar surface area (TPSA) is 79.3 Å². The monoisotopic (exact) mass is 296 g/mol. The molecule has 7 heteroatoms. The molecular weight excluding hydrogens is 283 g/mol. The van der Waals surface area contributed by atoms with Crippen LogP contribution >= 0.6 is 0 Å². The molecule has 2 N–H and O–H groups in total. The summed E-state index contributed by atoms with van der Waals surface area (Å²) in [6.45, 7) is -0.443. The highest BCUT2D eigenvalue weighted by molar-refractivity contribution is 7.89. The first-order valence-electron chi connectivity index (χ1n) is 5.81. The molecule has 5 nitrogen and oxygen atoms in total. The van der Waals surface area contributed by atoms with Crippen molar-refractivity contribution in [3.63, 3.8) is 0 Å². The molecule has 1 aromatic heterocycles. The minimum absolute atomic E-state index is 0.0392. The second kappa shape index (κ2) is 6.08. The van der Waals surface area contributed by atoms with Crippen LogP contribution in [0.5, 0.6) is 0 Å². The lowest BCUT2D eigenvalue weighted by Gasteiger charge is -2.10. The van der Waals surface area contributed by atoms with E-state index in [0.717, 1.165) is 12.1 Å². The maximum absolute atomic E-state index is 13.2. The third kappa shape index (κ3) is 3.38. The number of halogens is 1. The Morgan fingerprint density at radius 2 is 2.10 bits per heavy atom. The molecule has 0 fully saturated rings. The van der Waals surface area contributed by atoms with Crippen LogP contribution in [-0.4, -0.2) is 18.5 Å². The highest BCUT2D eigenvalue weighted by Crippen LogP contribution is 2.17.